The Balaban J connectivity index is 2.10. The Morgan fingerprint density at radius 3 is 2.48 bits per heavy atom. The first-order valence-electron chi connectivity index (χ1n) is 7.94. The van der Waals surface area contributed by atoms with E-state index in [0.717, 1.165) is 21.7 Å². The van der Waals surface area contributed by atoms with Crippen molar-refractivity contribution >= 4 is 33.1 Å². The van der Waals surface area contributed by atoms with Gasteiger partial charge >= 0.3 is 5.97 Å². The number of hydrogen-bond acceptors (Lipinski definition) is 5. The average molecular weight is 400 g/mol. The lowest BCUT2D eigenvalue weighted by Crippen LogP contribution is -2.01. The molecule has 6 nitrogen and oxygen atoms in total. The fourth-order valence-electron chi connectivity index (χ4n) is 2.85. The molecule has 0 radical (unpaired) electrons. The Bertz CT molecular complexity index is 1190. The fraction of sp³-hybridized carbons (Fsp3) is 0.158. The molecule has 0 fully saturated rings. The topological polar surface area (TPSA) is 99.6 Å². The number of fused-ring (bicyclic) bond motifs is 1. The van der Waals surface area contributed by atoms with Crippen molar-refractivity contribution in [2.75, 3.05) is 6.26 Å². The van der Waals surface area contributed by atoms with E-state index >= 15 is 0 Å². The Morgan fingerprint density at radius 2 is 1.93 bits per heavy atom. The van der Waals surface area contributed by atoms with Crippen LogP contribution in [-0.4, -0.2) is 30.2 Å². The number of carboxylic acids is 1. The van der Waals surface area contributed by atoms with E-state index < -0.39 is 15.8 Å². The largest absolute Gasteiger partial charge is 0.481 e. The predicted octanol–water partition coefficient (Wildman–Crippen LogP) is 3.30. The second-order valence-corrected chi connectivity index (χ2v) is 9.19. The molecule has 0 aliphatic carbocycles. The van der Waals surface area contributed by atoms with Crippen molar-refractivity contribution in [2.45, 2.75) is 28.2 Å². The van der Waals surface area contributed by atoms with Gasteiger partial charge in [-0.15, -0.1) is 0 Å². The van der Waals surface area contributed by atoms with Gasteiger partial charge in [0.15, 0.2) is 9.84 Å². The molecule has 0 atom stereocenters. The summed E-state index contributed by atoms with van der Waals surface area (Å²) in [4.78, 5) is 12.4. The Hall–Kier alpha value is -2.76. The summed E-state index contributed by atoms with van der Waals surface area (Å²) in [6, 6.07) is 12.0. The highest BCUT2D eigenvalue weighted by Gasteiger charge is 2.19. The molecule has 27 heavy (non-hydrogen) atoms. The second kappa shape index (κ2) is 7.10. The molecule has 1 aromatic carbocycles. The molecule has 2 aromatic heterocycles. The third-order valence-electron chi connectivity index (χ3n) is 4.18. The van der Waals surface area contributed by atoms with E-state index in [4.69, 9.17) is 5.26 Å². The van der Waals surface area contributed by atoms with Crippen molar-refractivity contribution < 1.29 is 18.3 Å². The Labute approximate surface area is 161 Å². The Morgan fingerprint density at radius 1 is 1.26 bits per heavy atom. The quantitative estimate of drug-likeness (QED) is 0.705. The zero-order chi connectivity index (χ0) is 19.8. The predicted molar refractivity (Wildman–Crippen MR) is 102 cm³/mol. The summed E-state index contributed by atoms with van der Waals surface area (Å²) in [5.74, 6) is -0.943. The van der Waals surface area contributed by atoms with Crippen molar-refractivity contribution in [1.82, 2.24) is 4.40 Å². The first-order valence-corrected chi connectivity index (χ1v) is 10.6. The third kappa shape index (κ3) is 3.84. The molecule has 0 aliphatic heterocycles. The van der Waals surface area contributed by atoms with Crippen molar-refractivity contribution in [2.24, 2.45) is 0 Å². The normalized spacial score (nSPS) is 11.4. The van der Waals surface area contributed by atoms with Gasteiger partial charge in [-0.2, -0.15) is 5.26 Å². The van der Waals surface area contributed by atoms with E-state index in [-0.39, 0.29) is 11.3 Å². The number of nitrogens with zero attached hydrogens (tertiary/aromatic N) is 2. The zero-order valence-corrected chi connectivity index (χ0v) is 16.3. The van der Waals surface area contributed by atoms with Crippen LogP contribution < -0.4 is 0 Å². The molecule has 3 aromatic rings. The monoisotopic (exact) mass is 400 g/mol. The molecule has 0 saturated heterocycles. The molecule has 0 amide bonds. The lowest BCUT2D eigenvalue weighted by molar-refractivity contribution is -0.136. The number of pyridine rings is 1. The zero-order valence-electron chi connectivity index (χ0n) is 14.6. The van der Waals surface area contributed by atoms with E-state index in [1.807, 2.05) is 11.3 Å². The first-order chi connectivity index (χ1) is 12.7. The van der Waals surface area contributed by atoms with Crippen LogP contribution in [0.5, 0.6) is 0 Å². The molecule has 0 aliphatic rings. The number of nitriles is 1. The van der Waals surface area contributed by atoms with Crippen LogP contribution in [0.2, 0.25) is 0 Å². The number of benzene rings is 1. The number of aliphatic carboxylic acids is 1. The molecule has 3 rings (SSSR count). The van der Waals surface area contributed by atoms with Gasteiger partial charge in [-0.1, -0.05) is 11.8 Å². The summed E-state index contributed by atoms with van der Waals surface area (Å²) in [6.45, 7) is 1.85. The molecule has 2 heterocycles. The van der Waals surface area contributed by atoms with Gasteiger partial charge in [0.25, 0.3) is 0 Å². The molecule has 0 bridgehead atoms. The first kappa shape index (κ1) is 19.0. The minimum Gasteiger partial charge on any atom is -0.481 e. The summed E-state index contributed by atoms with van der Waals surface area (Å²) >= 11 is 1.42. The number of sulfone groups is 1. The summed E-state index contributed by atoms with van der Waals surface area (Å²) in [5.41, 5.74) is 2.63. The van der Waals surface area contributed by atoms with Gasteiger partial charge in [-0.3, -0.25) is 4.79 Å². The van der Waals surface area contributed by atoms with E-state index in [2.05, 4.69) is 6.07 Å². The lowest BCUT2D eigenvalue weighted by atomic mass is 10.1. The van der Waals surface area contributed by atoms with Gasteiger partial charge in [0.2, 0.25) is 0 Å². The SMILES string of the molecule is Cc1c(CC(=O)O)c2cc(C#N)ccn2c1Sc1ccc(S(C)(=O)=O)cc1. The van der Waals surface area contributed by atoms with E-state index in [1.54, 1.807) is 42.6 Å². The minimum atomic E-state index is -3.26. The maximum absolute atomic E-state index is 11.6. The summed E-state index contributed by atoms with van der Waals surface area (Å²) in [7, 11) is -3.26. The van der Waals surface area contributed by atoms with E-state index in [1.165, 1.54) is 11.8 Å². The van der Waals surface area contributed by atoms with Gasteiger partial charge in [0.1, 0.15) is 0 Å². The summed E-state index contributed by atoms with van der Waals surface area (Å²) in [6.07, 6.45) is 2.77. The third-order valence-corrected chi connectivity index (χ3v) is 6.51. The van der Waals surface area contributed by atoms with Gasteiger partial charge < -0.3 is 9.51 Å². The molecule has 1 N–H and O–H groups in total. The van der Waals surface area contributed by atoms with Crippen LogP contribution >= 0.6 is 11.8 Å². The number of carboxylic acid groups (broad SMARTS) is 1. The number of hydrogen-bond donors (Lipinski definition) is 1. The standard InChI is InChI=1S/C19H16N2O4S2/c1-12-16(10-18(22)23)17-9-13(11-20)7-8-21(17)19(12)26-14-3-5-15(6-4-14)27(2,24)25/h3-9H,10H2,1-2H3,(H,22,23). The molecular weight excluding hydrogens is 384 g/mol. The van der Waals surface area contributed by atoms with Crippen molar-refractivity contribution in [3.8, 4) is 6.07 Å². The average Bonchev–Trinajstić information content (AvgIpc) is 2.86. The van der Waals surface area contributed by atoms with Crippen LogP contribution in [-0.2, 0) is 21.1 Å². The van der Waals surface area contributed by atoms with E-state index in [9.17, 15) is 18.3 Å². The highest BCUT2D eigenvalue weighted by molar-refractivity contribution is 7.99. The summed E-state index contributed by atoms with van der Waals surface area (Å²) in [5, 5.41) is 19.2. The highest BCUT2D eigenvalue weighted by Crippen LogP contribution is 2.36. The van der Waals surface area contributed by atoms with Crippen molar-refractivity contribution in [3.05, 3.63) is 59.3 Å². The van der Waals surface area contributed by atoms with Crippen LogP contribution in [0.3, 0.4) is 0 Å². The Kier molecular flexibility index (Phi) is 5.00. The van der Waals surface area contributed by atoms with Gasteiger partial charge in [0, 0.05) is 17.3 Å². The maximum atomic E-state index is 11.6. The lowest BCUT2D eigenvalue weighted by Gasteiger charge is -2.06. The van der Waals surface area contributed by atoms with Crippen molar-refractivity contribution in [1.29, 1.82) is 5.26 Å². The van der Waals surface area contributed by atoms with Crippen LogP contribution in [0, 0.1) is 18.3 Å². The summed E-state index contributed by atoms with van der Waals surface area (Å²) < 4.78 is 25.1. The van der Waals surface area contributed by atoms with Crippen molar-refractivity contribution in [3.63, 3.8) is 0 Å². The molecular formula is C19H16N2O4S2. The molecule has 0 saturated carbocycles. The van der Waals surface area contributed by atoms with Crippen LogP contribution in [0.1, 0.15) is 16.7 Å². The van der Waals surface area contributed by atoms with Gasteiger partial charge in [-0.25, -0.2) is 8.42 Å². The van der Waals surface area contributed by atoms with Crippen LogP contribution in [0.15, 0.2) is 57.4 Å². The second-order valence-electron chi connectivity index (χ2n) is 6.11. The van der Waals surface area contributed by atoms with Gasteiger partial charge in [0.05, 0.1) is 33.5 Å². The molecule has 0 unspecified atom stereocenters. The number of carbonyl (C=O) groups is 1. The minimum absolute atomic E-state index is 0.141. The maximum Gasteiger partial charge on any atom is 0.307 e. The molecule has 138 valence electrons. The molecule has 0 spiro atoms. The highest BCUT2D eigenvalue weighted by atomic mass is 32.2. The van der Waals surface area contributed by atoms with E-state index in [0.29, 0.717) is 16.6 Å². The van der Waals surface area contributed by atoms with Gasteiger partial charge in [-0.05, 0) is 54.4 Å². The number of aromatic nitrogens is 1. The van der Waals surface area contributed by atoms with Crippen LogP contribution in [0.4, 0.5) is 0 Å². The van der Waals surface area contributed by atoms with Crippen LogP contribution in [0.25, 0.3) is 5.52 Å². The smallest absolute Gasteiger partial charge is 0.307 e. The molecule has 8 heteroatoms. The fourth-order valence-corrected chi connectivity index (χ4v) is 4.51. The number of rotatable bonds is 5.